The average Bonchev–Trinajstić information content (AvgIpc) is 2.57. The molecule has 0 radical (unpaired) electrons. The zero-order valence-corrected chi connectivity index (χ0v) is 18.9. The maximum absolute atomic E-state index is 5.93. The van der Waals surface area contributed by atoms with Crippen molar-refractivity contribution in [3.8, 4) is 5.75 Å². The van der Waals surface area contributed by atoms with Gasteiger partial charge in [-0.3, -0.25) is 4.99 Å². The fourth-order valence-corrected chi connectivity index (χ4v) is 3.35. The Bertz CT molecular complexity index is 554. The lowest BCUT2D eigenvalue weighted by Crippen LogP contribution is -2.47. The lowest BCUT2D eigenvalue weighted by atomic mass is 9.67. The fraction of sp³-hybridized carbons (Fsp3) is 0.650. The largest absolute Gasteiger partial charge is 0.491 e. The Kier molecular flexibility index (Phi) is 10.3. The number of guanidine groups is 1. The van der Waals surface area contributed by atoms with Gasteiger partial charge in [-0.2, -0.15) is 0 Å². The van der Waals surface area contributed by atoms with Gasteiger partial charge in [0, 0.05) is 27.3 Å². The van der Waals surface area contributed by atoms with E-state index in [0.717, 1.165) is 37.8 Å². The molecule has 2 rings (SSSR count). The smallest absolute Gasteiger partial charge is 0.191 e. The summed E-state index contributed by atoms with van der Waals surface area (Å²) in [5.74, 6) is 1.83. The van der Waals surface area contributed by atoms with Crippen LogP contribution in [0.5, 0.6) is 5.75 Å². The van der Waals surface area contributed by atoms with Crippen molar-refractivity contribution in [1.29, 1.82) is 0 Å². The van der Waals surface area contributed by atoms with Crippen LogP contribution in [0.3, 0.4) is 0 Å². The zero-order chi connectivity index (χ0) is 18.1. The number of hydrogen-bond acceptors (Lipinski definition) is 3. The van der Waals surface area contributed by atoms with Gasteiger partial charge in [0.25, 0.3) is 0 Å². The number of halogens is 1. The SMILES string of the molecule is CN=C(NCCOc1c(C)cccc1C)NCC1(CCOC)CCC1.I. The molecule has 0 atom stereocenters. The van der Waals surface area contributed by atoms with Gasteiger partial charge in [0.05, 0.1) is 6.54 Å². The fourth-order valence-electron chi connectivity index (χ4n) is 3.35. The summed E-state index contributed by atoms with van der Waals surface area (Å²) in [5, 5.41) is 6.81. The Morgan fingerprint density at radius 2 is 1.85 bits per heavy atom. The molecule has 0 aromatic heterocycles. The highest BCUT2D eigenvalue weighted by Gasteiger charge is 2.36. The Labute approximate surface area is 175 Å². The van der Waals surface area contributed by atoms with Crippen molar-refractivity contribution in [2.75, 3.05) is 40.5 Å². The summed E-state index contributed by atoms with van der Waals surface area (Å²) < 4.78 is 11.2. The van der Waals surface area contributed by atoms with Crippen LogP contribution in [0, 0.1) is 19.3 Å². The van der Waals surface area contributed by atoms with E-state index in [1.807, 2.05) is 7.05 Å². The minimum absolute atomic E-state index is 0. The van der Waals surface area contributed by atoms with Crippen molar-refractivity contribution in [2.45, 2.75) is 39.5 Å². The number of hydrogen-bond donors (Lipinski definition) is 2. The highest BCUT2D eigenvalue weighted by atomic mass is 127. The molecule has 1 aliphatic carbocycles. The molecule has 1 fully saturated rings. The van der Waals surface area contributed by atoms with Gasteiger partial charge in [-0.1, -0.05) is 24.6 Å². The number of methoxy groups -OCH3 is 1. The van der Waals surface area contributed by atoms with Crippen molar-refractivity contribution < 1.29 is 9.47 Å². The maximum atomic E-state index is 5.93. The Hall–Kier alpha value is -1.02. The topological polar surface area (TPSA) is 54.9 Å². The molecule has 0 heterocycles. The summed E-state index contributed by atoms with van der Waals surface area (Å²) >= 11 is 0. The number of ether oxygens (including phenoxy) is 2. The second-order valence-corrected chi connectivity index (χ2v) is 7.02. The summed E-state index contributed by atoms with van der Waals surface area (Å²) in [4.78, 5) is 4.32. The quantitative estimate of drug-likeness (QED) is 0.248. The van der Waals surface area contributed by atoms with E-state index in [-0.39, 0.29) is 24.0 Å². The molecule has 0 amide bonds. The van der Waals surface area contributed by atoms with Crippen LogP contribution in [0.1, 0.15) is 36.8 Å². The van der Waals surface area contributed by atoms with Crippen molar-refractivity contribution >= 4 is 29.9 Å². The summed E-state index contributed by atoms with van der Waals surface area (Å²) in [6.45, 7) is 7.27. The molecule has 148 valence electrons. The third kappa shape index (κ3) is 6.61. The van der Waals surface area contributed by atoms with Gasteiger partial charge in [0.1, 0.15) is 12.4 Å². The molecular formula is C20H34IN3O2. The molecule has 0 aliphatic heterocycles. The molecular weight excluding hydrogens is 441 g/mol. The Morgan fingerprint density at radius 1 is 1.15 bits per heavy atom. The van der Waals surface area contributed by atoms with Crippen LogP contribution in [0.15, 0.2) is 23.2 Å². The highest BCUT2D eigenvalue weighted by Crippen LogP contribution is 2.43. The molecule has 1 aliphatic rings. The number of nitrogens with one attached hydrogen (secondary N) is 2. The van der Waals surface area contributed by atoms with E-state index in [1.165, 1.54) is 30.4 Å². The van der Waals surface area contributed by atoms with E-state index in [4.69, 9.17) is 9.47 Å². The van der Waals surface area contributed by atoms with Gasteiger partial charge >= 0.3 is 0 Å². The van der Waals surface area contributed by atoms with Crippen molar-refractivity contribution in [1.82, 2.24) is 10.6 Å². The van der Waals surface area contributed by atoms with E-state index in [1.54, 1.807) is 7.11 Å². The van der Waals surface area contributed by atoms with Gasteiger partial charge < -0.3 is 20.1 Å². The predicted molar refractivity (Wildman–Crippen MR) is 119 cm³/mol. The number of rotatable bonds is 9. The van der Waals surface area contributed by atoms with Gasteiger partial charge in [0.15, 0.2) is 5.96 Å². The molecule has 5 nitrogen and oxygen atoms in total. The van der Waals surface area contributed by atoms with Gasteiger partial charge in [-0.15, -0.1) is 24.0 Å². The summed E-state index contributed by atoms with van der Waals surface area (Å²) in [5.41, 5.74) is 2.72. The molecule has 26 heavy (non-hydrogen) atoms. The molecule has 2 N–H and O–H groups in total. The first kappa shape index (κ1) is 23.0. The third-order valence-corrected chi connectivity index (χ3v) is 5.15. The van der Waals surface area contributed by atoms with E-state index in [9.17, 15) is 0 Å². The van der Waals surface area contributed by atoms with Crippen LogP contribution in [-0.2, 0) is 4.74 Å². The average molecular weight is 475 g/mol. The number of aliphatic imine (C=N–C) groups is 1. The lowest BCUT2D eigenvalue weighted by Gasteiger charge is -2.42. The van der Waals surface area contributed by atoms with Crippen molar-refractivity contribution in [3.05, 3.63) is 29.3 Å². The molecule has 0 bridgehead atoms. The van der Waals surface area contributed by atoms with Gasteiger partial charge in [-0.25, -0.2) is 0 Å². The van der Waals surface area contributed by atoms with Crippen LogP contribution >= 0.6 is 24.0 Å². The van der Waals surface area contributed by atoms with E-state index in [2.05, 4.69) is 47.7 Å². The van der Waals surface area contributed by atoms with Crippen LogP contribution in [-0.4, -0.2) is 46.4 Å². The highest BCUT2D eigenvalue weighted by molar-refractivity contribution is 14.0. The maximum Gasteiger partial charge on any atom is 0.191 e. The van der Waals surface area contributed by atoms with Crippen molar-refractivity contribution in [2.24, 2.45) is 10.4 Å². The Balaban J connectivity index is 0.00000338. The molecule has 0 unspecified atom stereocenters. The number of para-hydroxylation sites is 1. The van der Waals surface area contributed by atoms with Crippen molar-refractivity contribution in [3.63, 3.8) is 0 Å². The molecule has 1 aromatic carbocycles. The minimum atomic E-state index is 0. The van der Waals surface area contributed by atoms with Crippen LogP contribution in [0.4, 0.5) is 0 Å². The normalized spacial score (nSPS) is 15.6. The minimum Gasteiger partial charge on any atom is -0.491 e. The number of nitrogens with zero attached hydrogens (tertiary/aromatic N) is 1. The second-order valence-electron chi connectivity index (χ2n) is 7.02. The Morgan fingerprint density at radius 3 is 2.38 bits per heavy atom. The van der Waals surface area contributed by atoms with E-state index < -0.39 is 0 Å². The first-order chi connectivity index (χ1) is 12.1. The molecule has 1 saturated carbocycles. The summed E-state index contributed by atoms with van der Waals surface area (Å²) in [7, 11) is 3.58. The molecule has 0 saturated heterocycles. The standard InChI is InChI=1S/C20H33N3O2.HI/c1-16-7-5-8-17(2)18(16)25-14-12-22-19(21-3)23-15-20(9-6-10-20)11-13-24-4;/h5,7-8H,6,9-15H2,1-4H3,(H2,21,22,23);1H. The van der Waals surface area contributed by atoms with Crippen LogP contribution in [0.2, 0.25) is 0 Å². The van der Waals surface area contributed by atoms with Crippen LogP contribution < -0.4 is 15.4 Å². The molecule has 6 heteroatoms. The zero-order valence-electron chi connectivity index (χ0n) is 16.6. The summed E-state index contributed by atoms with van der Waals surface area (Å²) in [6, 6.07) is 6.21. The van der Waals surface area contributed by atoms with Gasteiger partial charge in [0.2, 0.25) is 0 Å². The van der Waals surface area contributed by atoms with Crippen LogP contribution in [0.25, 0.3) is 0 Å². The van der Waals surface area contributed by atoms with E-state index >= 15 is 0 Å². The van der Waals surface area contributed by atoms with Gasteiger partial charge in [-0.05, 0) is 49.7 Å². The first-order valence-corrected chi connectivity index (χ1v) is 9.23. The number of aryl methyl sites for hydroxylation is 2. The monoisotopic (exact) mass is 475 g/mol. The van der Waals surface area contributed by atoms with E-state index in [0.29, 0.717) is 12.0 Å². The third-order valence-electron chi connectivity index (χ3n) is 5.15. The number of benzene rings is 1. The second kappa shape index (κ2) is 11.6. The predicted octanol–water partition coefficient (Wildman–Crippen LogP) is 3.67. The summed E-state index contributed by atoms with van der Waals surface area (Å²) in [6.07, 6.45) is 4.98. The lowest BCUT2D eigenvalue weighted by molar-refractivity contribution is 0.0732. The molecule has 0 spiro atoms. The first-order valence-electron chi connectivity index (χ1n) is 9.23. The molecule has 1 aromatic rings.